The number of hydrogen-bond acceptors (Lipinski definition) is 5. The fourth-order valence-corrected chi connectivity index (χ4v) is 0.887. The third kappa shape index (κ3) is 4.12. The molecule has 0 aromatic carbocycles. The molecule has 0 aliphatic carbocycles. The number of cyclic esters (lactones) is 1. The largest absolute Gasteiger partial charge is 0.478 e. The smallest absolute Gasteiger partial charge is 0.407 e. The molecule has 0 bridgehead atoms. The number of carbonyl (C=O) groups is 3. The fraction of sp³-hybridized carbons (Fsp3) is 0.375. The molecule has 1 unspecified atom stereocenters. The van der Waals surface area contributed by atoms with E-state index in [0.29, 0.717) is 6.08 Å². The minimum absolute atomic E-state index is 0.0957. The molecule has 1 saturated heterocycles. The Morgan fingerprint density at radius 1 is 1.60 bits per heavy atom. The van der Waals surface area contributed by atoms with Gasteiger partial charge in [-0.1, -0.05) is 0 Å². The number of hydrogen-bond donors (Lipinski definition) is 2. The van der Waals surface area contributed by atoms with Crippen LogP contribution in [-0.2, 0) is 19.1 Å². The molecule has 0 spiro atoms. The molecule has 15 heavy (non-hydrogen) atoms. The van der Waals surface area contributed by atoms with Crippen LogP contribution in [0.1, 0.15) is 0 Å². The average molecular weight is 215 g/mol. The van der Waals surface area contributed by atoms with Gasteiger partial charge in [-0.15, -0.1) is 0 Å². The van der Waals surface area contributed by atoms with E-state index in [1.54, 1.807) is 0 Å². The van der Waals surface area contributed by atoms with Crippen molar-refractivity contribution in [3.63, 3.8) is 0 Å². The van der Waals surface area contributed by atoms with E-state index in [4.69, 9.17) is 5.11 Å². The van der Waals surface area contributed by atoms with E-state index >= 15 is 0 Å². The quantitative estimate of drug-likeness (QED) is 0.474. The molecule has 82 valence electrons. The molecule has 0 aromatic rings. The number of carbonyl (C=O) groups excluding carboxylic acids is 2. The van der Waals surface area contributed by atoms with Crippen molar-refractivity contribution in [2.24, 2.45) is 0 Å². The van der Waals surface area contributed by atoms with Crippen LogP contribution in [0.2, 0.25) is 0 Å². The Kier molecular flexibility index (Phi) is 3.67. The number of rotatable bonds is 4. The van der Waals surface area contributed by atoms with Crippen molar-refractivity contribution in [2.45, 2.75) is 6.10 Å². The Morgan fingerprint density at radius 3 is 2.87 bits per heavy atom. The highest BCUT2D eigenvalue weighted by molar-refractivity contribution is 5.90. The highest BCUT2D eigenvalue weighted by atomic mass is 16.6. The van der Waals surface area contributed by atoms with Crippen LogP contribution in [0.25, 0.3) is 0 Å². The second kappa shape index (κ2) is 4.99. The normalized spacial score (nSPS) is 19.7. The van der Waals surface area contributed by atoms with Crippen molar-refractivity contribution in [2.75, 3.05) is 13.2 Å². The molecule has 7 heteroatoms. The van der Waals surface area contributed by atoms with Crippen molar-refractivity contribution >= 4 is 18.0 Å². The summed E-state index contributed by atoms with van der Waals surface area (Å²) >= 11 is 0. The molecule has 1 amide bonds. The van der Waals surface area contributed by atoms with E-state index in [-0.39, 0.29) is 13.2 Å². The third-order valence-corrected chi connectivity index (χ3v) is 1.52. The monoisotopic (exact) mass is 215 g/mol. The Labute approximate surface area is 84.7 Å². The summed E-state index contributed by atoms with van der Waals surface area (Å²) in [7, 11) is 0. The Hall–Kier alpha value is -2.05. The van der Waals surface area contributed by atoms with Gasteiger partial charge in [-0.2, -0.15) is 0 Å². The van der Waals surface area contributed by atoms with E-state index in [2.05, 4.69) is 14.8 Å². The van der Waals surface area contributed by atoms with Crippen molar-refractivity contribution < 1.29 is 29.0 Å². The first-order chi connectivity index (χ1) is 7.08. The van der Waals surface area contributed by atoms with Gasteiger partial charge >= 0.3 is 18.0 Å². The summed E-state index contributed by atoms with van der Waals surface area (Å²) in [5.41, 5.74) is 0. The molecule has 0 aromatic heterocycles. The summed E-state index contributed by atoms with van der Waals surface area (Å²) in [5.74, 6) is -2.03. The molecule has 0 saturated carbocycles. The number of carboxylic acids is 1. The lowest BCUT2D eigenvalue weighted by atomic mass is 10.4. The van der Waals surface area contributed by atoms with Crippen LogP contribution in [-0.4, -0.2) is 42.4 Å². The van der Waals surface area contributed by atoms with Crippen LogP contribution in [0.5, 0.6) is 0 Å². The molecular formula is C8H9NO6. The van der Waals surface area contributed by atoms with E-state index in [1.807, 2.05) is 0 Å². The first kappa shape index (κ1) is 11.0. The zero-order chi connectivity index (χ0) is 11.3. The van der Waals surface area contributed by atoms with Crippen LogP contribution < -0.4 is 5.32 Å². The number of esters is 1. The molecule has 1 heterocycles. The van der Waals surface area contributed by atoms with Gasteiger partial charge in [0.05, 0.1) is 6.54 Å². The first-order valence-electron chi connectivity index (χ1n) is 4.10. The second-order valence-electron chi connectivity index (χ2n) is 2.71. The summed E-state index contributed by atoms with van der Waals surface area (Å²) in [4.78, 5) is 31.4. The van der Waals surface area contributed by atoms with Gasteiger partial charge in [0.25, 0.3) is 0 Å². The molecular weight excluding hydrogens is 206 g/mol. The van der Waals surface area contributed by atoms with Crippen LogP contribution in [0.3, 0.4) is 0 Å². The Morgan fingerprint density at radius 2 is 2.33 bits per heavy atom. The average Bonchev–Trinajstić information content (AvgIpc) is 2.58. The first-order valence-corrected chi connectivity index (χ1v) is 4.10. The Bertz CT molecular complexity index is 310. The molecule has 1 aliphatic rings. The van der Waals surface area contributed by atoms with Gasteiger partial charge in [0.1, 0.15) is 6.61 Å². The summed E-state index contributed by atoms with van der Waals surface area (Å²) in [6.07, 6.45) is 0.380. The van der Waals surface area contributed by atoms with Crippen LogP contribution in [0.15, 0.2) is 12.2 Å². The van der Waals surface area contributed by atoms with Gasteiger partial charge < -0.3 is 19.9 Å². The predicted octanol–water partition coefficient (Wildman–Crippen LogP) is -0.721. The highest BCUT2D eigenvalue weighted by Gasteiger charge is 2.23. The standard InChI is InChI=1S/C8H9NO6/c10-6(11)1-2-7(12)14-4-5-3-9-8(13)15-5/h1-2,5H,3-4H2,(H,9,13)(H,10,11)/b2-1+. The molecule has 1 atom stereocenters. The molecule has 7 nitrogen and oxygen atoms in total. The SMILES string of the molecule is O=C(O)/C=C/C(=O)OCC1CNC(=O)O1. The third-order valence-electron chi connectivity index (χ3n) is 1.52. The fourth-order valence-electron chi connectivity index (χ4n) is 0.887. The van der Waals surface area contributed by atoms with Gasteiger partial charge in [-0.25, -0.2) is 14.4 Å². The highest BCUT2D eigenvalue weighted by Crippen LogP contribution is 2.00. The predicted molar refractivity (Wildman–Crippen MR) is 46.0 cm³/mol. The second-order valence-corrected chi connectivity index (χ2v) is 2.71. The van der Waals surface area contributed by atoms with Crippen molar-refractivity contribution in [3.05, 3.63) is 12.2 Å². The number of alkyl carbamates (subject to hydrolysis) is 1. The van der Waals surface area contributed by atoms with E-state index in [0.717, 1.165) is 6.08 Å². The van der Waals surface area contributed by atoms with E-state index in [9.17, 15) is 14.4 Å². The molecule has 1 aliphatic heterocycles. The van der Waals surface area contributed by atoms with Gasteiger partial charge in [0.2, 0.25) is 0 Å². The number of carboxylic acid groups (broad SMARTS) is 1. The van der Waals surface area contributed by atoms with Crippen LogP contribution >= 0.6 is 0 Å². The Balaban J connectivity index is 2.22. The number of nitrogens with one attached hydrogen (secondary N) is 1. The summed E-state index contributed by atoms with van der Waals surface area (Å²) < 4.78 is 9.29. The molecule has 0 radical (unpaired) electrons. The zero-order valence-corrected chi connectivity index (χ0v) is 7.63. The summed E-state index contributed by atoms with van der Waals surface area (Å²) in [6.45, 7) is 0.177. The van der Waals surface area contributed by atoms with Gasteiger partial charge in [-0.3, -0.25) is 0 Å². The minimum atomic E-state index is -1.24. The maximum atomic E-state index is 10.9. The van der Waals surface area contributed by atoms with Crippen molar-refractivity contribution in [3.8, 4) is 0 Å². The molecule has 1 fully saturated rings. The minimum Gasteiger partial charge on any atom is -0.478 e. The van der Waals surface area contributed by atoms with Crippen molar-refractivity contribution in [1.29, 1.82) is 0 Å². The van der Waals surface area contributed by atoms with Crippen LogP contribution in [0, 0.1) is 0 Å². The summed E-state index contributed by atoms with van der Waals surface area (Å²) in [5, 5.41) is 10.6. The number of ether oxygens (including phenoxy) is 2. The lowest BCUT2D eigenvalue weighted by molar-refractivity contribution is -0.140. The summed E-state index contributed by atoms with van der Waals surface area (Å²) in [6, 6.07) is 0. The lowest BCUT2D eigenvalue weighted by Gasteiger charge is -2.06. The van der Waals surface area contributed by atoms with Crippen LogP contribution in [0.4, 0.5) is 4.79 Å². The lowest BCUT2D eigenvalue weighted by Crippen LogP contribution is -2.21. The maximum absolute atomic E-state index is 10.9. The van der Waals surface area contributed by atoms with E-state index in [1.165, 1.54) is 0 Å². The molecule has 1 rings (SSSR count). The van der Waals surface area contributed by atoms with Gasteiger partial charge in [-0.05, 0) is 0 Å². The maximum Gasteiger partial charge on any atom is 0.407 e. The number of amides is 1. The zero-order valence-electron chi connectivity index (χ0n) is 7.63. The van der Waals surface area contributed by atoms with Gasteiger partial charge in [0, 0.05) is 12.2 Å². The van der Waals surface area contributed by atoms with E-state index < -0.39 is 24.1 Å². The topological polar surface area (TPSA) is 102 Å². The van der Waals surface area contributed by atoms with Crippen molar-refractivity contribution in [1.82, 2.24) is 5.32 Å². The van der Waals surface area contributed by atoms with Gasteiger partial charge in [0.15, 0.2) is 6.10 Å². The number of aliphatic carboxylic acids is 1. The molecule has 2 N–H and O–H groups in total.